The van der Waals surface area contributed by atoms with Crippen molar-refractivity contribution in [3.8, 4) is 0 Å². The van der Waals surface area contributed by atoms with Gasteiger partial charge in [-0.3, -0.25) is 14.4 Å². The van der Waals surface area contributed by atoms with Crippen LogP contribution in [0.2, 0.25) is 0 Å². The molecule has 6 nitrogen and oxygen atoms in total. The summed E-state index contributed by atoms with van der Waals surface area (Å²) in [4.78, 5) is 36.6. The highest BCUT2D eigenvalue weighted by Gasteiger charge is 2.39. The molecule has 0 aromatic heterocycles. The maximum atomic E-state index is 12.8. The van der Waals surface area contributed by atoms with Gasteiger partial charge in [0.2, 0.25) is 11.8 Å². The highest BCUT2D eigenvalue weighted by molar-refractivity contribution is 6.04. The standard InChI is InChI=1S/C22H20N2O4/c1-2-12-28-22(27)19-17(14-6-4-3-5-7-14)13-18(24-21(19)26)15-8-10-16(11-9-15)20(23)25/h2-11,13,17,19H,1,12H2,(H2,23,25)(H,24,26). The van der Waals surface area contributed by atoms with Crippen molar-refractivity contribution >= 4 is 23.5 Å². The van der Waals surface area contributed by atoms with Crippen LogP contribution in [0.4, 0.5) is 0 Å². The largest absolute Gasteiger partial charge is 0.461 e. The molecular formula is C22H20N2O4. The Hall–Kier alpha value is -3.67. The second kappa shape index (κ2) is 8.35. The third-order valence-electron chi connectivity index (χ3n) is 4.51. The lowest BCUT2D eigenvalue weighted by Gasteiger charge is -2.29. The lowest BCUT2D eigenvalue weighted by Crippen LogP contribution is -2.42. The highest BCUT2D eigenvalue weighted by atomic mass is 16.5. The molecule has 0 saturated carbocycles. The number of hydrogen-bond donors (Lipinski definition) is 2. The number of nitrogens with one attached hydrogen (secondary N) is 1. The van der Waals surface area contributed by atoms with Crippen molar-refractivity contribution in [2.24, 2.45) is 11.7 Å². The molecule has 2 aromatic carbocycles. The number of rotatable bonds is 6. The summed E-state index contributed by atoms with van der Waals surface area (Å²) in [5, 5.41) is 2.77. The van der Waals surface area contributed by atoms with E-state index in [1.807, 2.05) is 36.4 Å². The Balaban J connectivity index is 2.00. The Labute approximate surface area is 162 Å². The van der Waals surface area contributed by atoms with Crippen LogP contribution in [0.1, 0.15) is 27.4 Å². The molecule has 0 spiro atoms. The molecule has 2 unspecified atom stereocenters. The lowest BCUT2D eigenvalue weighted by molar-refractivity contribution is -0.152. The van der Waals surface area contributed by atoms with Gasteiger partial charge in [0.15, 0.2) is 0 Å². The van der Waals surface area contributed by atoms with Gasteiger partial charge in [0, 0.05) is 17.2 Å². The SMILES string of the molecule is C=CCOC(=O)C1C(=O)NC(c2ccc(C(N)=O)cc2)=CC1c1ccccc1. The van der Waals surface area contributed by atoms with Crippen molar-refractivity contribution < 1.29 is 19.1 Å². The van der Waals surface area contributed by atoms with E-state index in [0.29, 0.717) is 16.8 Å². The Morgan fingerprint density at radius 1 is 1.11 bits per heavy atom. The third-order valence-corrected chi connectivity index (χ3v) is 4.51. The molecule has 1 aliphatic heterocycles. The van der Waals surface area contributed by atoms with E-state index >= 15 is 0 Å². The van der Waals surface area contributed by atoms with Crippen LogP contribution in [0.3, 0.4) is 0 Å². The number of primary amides is 1. The number of esters is 1. The smallest absolute Gasteiger partial charge is 0.319 e. The van der Waals surface area contributed by atoms with Gasteiger partial charge in [-0.1, -0.05) is 61.2 Å². The highest BCUT2D eigenvalue weighted by Crippen LogP contribution is 2.34. The van der Waals surface area contributed by atoms with Gasteiger partial charge < -0.3 is 15.8 Å². The maximum absolute atomic E-state index is 12.8. The fourth-order valence-electron chi connectivity index (χ4n) is 3.12. The lowest BCUT2D eigenvalue weighted by atomic mass is 9.81. The van der Waals surface area contributed by atoms with Crippen LogP contribution in [0.15, 0.2) is 73.3 Å². The summed E-state index contributed by atoms with van der Waals surface area (Å²) in [6.45, 7) is 3.56. The summed E-state index contributed by atoms with van der Waals surface area (Å²) < 4.78 is 5.14. The Bertz CT molecular complexity index is 933. The van der Waals surface area contributed by atoms with Gasteiger partial charge in [-0.15, -0.1) is 0 Å². The molecule has 0 aliphatic carbocycles. The van der Waals surface area contributed by atoms with Crippen LogP contribution in [0.25, 0.3) is 5.70 Å². The zero-order chi connectivity index (χ0) is 20.1. The van der Waals surface area contributed by atoms with Gasteiger partial charge in [0.25, 0.3) is 0 Å². The summed E-state index contributed by atoms with van der Waals surface area (Å²) in [5.41, 5.74) is 7.73. The van der Waals surface area contributed by atoms with E-state index in [4.69, 9.17) is 10.5 Å². The third kappa shape index (κ3) is 4.01. The molecule has 0 saturated heterocycles. The van der Waals surface area contributed by atoms with Crippen molar-refractivity contribution in [2.45, 2.75) is 5.92 Å². The molecule has 0 fully saturated rings. The number of hydrogen-bond acceptors (Lipinski definition) is 4. The first kappa shape index (κ1) is 19.1. The van der Waals surface area contributed by atoms with Crippen molar-refractivity contribution in [2.75, 3.05) is 6.61 Å². The maximum Gasteiger partial charge on any atom is 0.319 e. The van der Waals surface area contributed by atoms with Gasteiger partial charge >= 0.3 is 5.97 Å². The van der Waals surface area contributed by atoms with Crippen LogP contribution >= 0.6 is 0 Å². The van der Waals surface area contributed by atoms with Gasteiger partial charge in [-0.2, -0.15) is 0 Å². The number of nitrogens with two attached hydrogens (primary N) is 1. The summed E-state index contributed by atoms with van der Waals surface area (Å²) >= 11 is 0. The normalized spacial score (nSPS) is 18.6. The molecule has 3 N–H and O–H groups in total. The molecule has 0 bridgehead atoms. The quantitative estimate of drug-likeness (QED) is 0.459. The van der Waals surface area contributed by atoms with Gasteiger partial charge in [-0.25, -0.2) is 0 Å². The Morgan fingerprint density at radius 3 is 2.39 bits per heavy atom. The van der Waals surface area contributed by atoms with Crippen molar-refractivity contribution in [3.63, 3.8) is 0 Å². The number of amides is 2. The Morgan fingerprint density at radius 2 is 1.79 bits per heavy atom. The summed E-state index contributed by atoms with van der Waals surface area (Å²) in [7, 11) is 0. The second-order valence-electron chi connectivity index (χ2n) is 6.34. The van der Waals surface area contributed by atoms with E-state index in [9.17, 15) is 14.4 Å². The Kier molecular flexibility index (Phi) is 5.69. The first-order valence-corrected chi connectivity index (χ1v) is 8.76. The molecule has 3 rings (SSSR count). The number of carbonyl (C=O) groups is 3. The topological polar surface area (TPSA) is 98.5 Å². The van der Waals surface area contributed by atoms with Crippen molar-refractivity contribution in [3.05, 3.63) is 90.0 Å². The zero-order valence-electron chi connectivity index (χ0n) is 15.1. The molecule has 1 aliphatic rings. The van der Waals surface area contributed by atoms with Crippen molar-refractivity contribution in [1.29, 1.82) is 0 Å². The van der Waals surface area contributed by atoms with Crippen LogP contribution in [-0.4, -0.2) is 24.4 Å². The number of allylic oxidation sites excluding steroid dienone is 1. The fourth-order valence-corrected chi connectivity index (χ4v) is 3.12. The van der Waals surface area contributed by atoms with Crippen LogP contribution in [0.5, 0.6) is 0 Å². The molecular weight excluding hydrogens is 356 g/mol. The predicted octanol–water partition coefficient (Wildman–Crippen LogP) is 2.39. The van der Waals surface area contributed by atoms with Gasteiger partial charge in [-0.05, 0) is 23.3 Å². The number of ether oxygens (including phenoxy) is 1. The van der Waals surface area contributed by atoms with Crippen LogP contribution < -0.4 is 11.1 Å². The minimum Gasteiger partial charge on any atom is -0.461 e. The van der Waals surface area contributed by atoms with Crippen LogP contribution in [0, 0.1) is 5.92 Å². The molecule has 2 aromatic rings. The van der Waals surface area contributed by atoms with Gasteiger partial charge in [0.1, 0.15) is 12.5 Å². The predicted molar refractivity (Wildman–Crippen MR) is 105 cm³/mol. The summed E-state index contributed by atoms with van der Waals surface area (Å²) in [5.74, 6) is -3.07. The van der Waals surface area contributed by atoms with E-state index in [2.05, 4.69) is 11.9 Å². The van der Waals surface area contributed by atoms with Gasteiger partial charge in [0.05, 0.1) is 0 Å². The minimum atomic E-state index is -1.00. The summed E-state index contributed by atoms with van der Waals surface area (Å²) in [6.07, 6.45) is 3.29. The average molecular weight is 376 g/mol. The molecule has 0 radical (unpaired) electrons. The molecule has 6 heteroatoms. The average Bonchev–Trinajstić information content (AvgIpc) is 2.72. The van der Waals surface area contributed by atoms with Crippen molar-refractivity contribution in [1.82, 2.24) is 5.32 Å². The van der Waals surface area contributed by atoms with Crippen LogP contribution in [-0.2, 0) is 14.3 Å². The van der Waals surface area contributed by atoms with E-state index in [0.717, 1.165) is 5.56 Å². The van der Waals surface area contributed by atoms with E-state index in [1.165, 1.54) is 6.08 Å². The first-order valence-electron chi connectivity index (χ1n) is 8.76. The van der Waals surface area contributed by atoms with E-state index < -0.39 is 29.6 Å². The first-order chi connectivity index (χ1) is 13.5. The second-order valence-corrected chi connectivity index (χ2v) is 6.34. The summed E-state index contributed by atoms with van der Waals surface area (Å²) in [6, 6.07) is 15.9. The number of carbonyl (C=O) groups excluding carboxylic acids is 3. The van der Waals surface area contributed by atoms with E-state index in [-0.39, 0.29) is 6.61 Å². The molecule has 142 valence electrons. The van der Waals surface area contributed by atoms with E-state index in [1.54, 1.807) is 24.3 Å². The molecule has 2 amide bonds. The molecule has 2 atom stereocenters. The molecule has 1 heterocycles. The zero-order valence-corrected chi connectivity index (χ0v) is 15.1. The minimum absolute atomic E-state index is 0.0370. The number of benzene rings is 2. The monoisotopic (exact) mass is 376 g/mol. The molecule has 28 heavy (non-hydrogen) atoms. The fraction of sp³-hybridized carbons (Fsp3) is 0.136.